The van der Waals surface area contributed by atoms with Crippen LogP contribution in [0.1, 0.15) is 12.8 Å². The largest absolute Gasteiger partial charge is 0.479 e. The molecule has 0 aliphatic carbocycles. The minimum absolute atomic E-state index is 0.181. The topological polar surface area (TPSA) is 72.6 Å². The zero-order chi connectivity index (χ0) is 15.0. The summed E-state index contributed by atoms with van der Waals surface area (Å²) in [6, 6.07) is 2.14. The lowest BCUT2D eigenvalue weighted by molar-refractivity contribution is 0.182. The van der Waals surface area contributed by atoms with Gasteiger partial charge < -0.3 is 25.4 Å². The summed E-state index contributed by atoms with van der Waals surface area (Å²) in [5.41, 5.74) is 7.51. The number of aromatic nitrogens is 1. The first-order valence-electron chi connectivity index (χ1n) is 6.79. The van der Waals surface area contributed by atoms with Gasteiger partial charge in [0.2, 0.25) is 5.88 Å². The van der Waals surface area contributed by atoms with E-state index in [0.29, 0.717) is 19.0 Å². The molecule has 6 heteroatoms. The minimum atomic E-state index is 0.181. The average Bonchev–Trinajstić information content (AvgIpc) is 2.44. The van der Waals surface area contributed by atoms with Crippen LogP contribution >= 0.6 is 0 Å². The third-order valence-corrected chi connectivity index (χ3v) is 3.04. The molecular weight excluding hydrogens is 256 g/mol. The lowest BCUT2D eigenvalue weighted by Gasteiger charge is -2.24. The Hall–Kier alpha value is -1.53. The molecule has 1 unspecified atom stereocenters. The Morgan fingerprint density at radius 3 is 2.70 bits per heavy atom. The lowest BCUT2D eigenvalue weighted by Crippen LogP contribution is -2.27. The molecule has 1 aromatic rings. The maximum absolute atomic E-state index is 5.59. The van der Waals surface area contributed by atoms with Gasteiger partial charge in [0.05, 0.1) is 19.4 Å². The molecule has 0 saturated carbocycles. The van der Waals surface area contributed by atoms with E-state index >= 15 is 0 Å². The summed E-state index contributed by atoms with van der Waals surface area (Å²) in [6.07, 6.45) is 3.63. The number of nitrogens with one attached hydrogen (secondary N) is 1. The van der Waals surface area contributed by atoms with Gasteiger partial charge in [0.25, 0.3) is 0 Å². The van der Waals surface area contributed by atoms with Gasteiger partial charge in [-0.3, -0.25) is 0 Å². The van der Waals surface area contributed by atoms with Gasteiger partial charge >= 0.3 is 0 Å². The van der Waals surface area contributed by atoms with Crippen LogP contribution in [-0.4, -0.2) is 52.5 Å². The van der Waals surface area contributed by atoms with E-state index in [1.165, 1.54) is 0 Å². The molecule has 0 aliphatic heterocycles. The lowest BCUT2D eigenvalue weighted by atomic mass is 10.1. The van der Waals surface area contributed by atoms with Gasteiger partial charge in [0.1, 0.15) is 5.69 Å². The molecule has 6 nitrogen and oxygen atoms in total. The number of pyridine rings is 1. The molecule has 1 atom stereocenters. The molecule has 0 saturated heterocycles. The standard InChI is InChI=1S/C14H26N4O2/c1-18(2)12-7-9-16-14(20-4)13(12)17-11(10-19-3)6-5-8-15/h7,9,11,17H,5-6,8,10,15H2,1-4H3. The molecule has 3 N–H and O–H groups in total. The summed E-state index contributed by atoms with van der Waals surface area (Å²) < 4.78 is 10.6. The van der Waals surface area contributed by atoms with Crippen molar-refractivity contribution in [3.8, 4) is 5.88 Å². The maximum Gasteiger partial charge on any atom is 0.239 e. The Bertz CT molecular complexity index is 399. The first kappa shape index (κ1) is 16.5. The summed E-state index contributed by atoms with van der Waals surface area (Å²) in [4.78, 5) is 6.28. The van der Waals surface area contributed by atoms with Crippen molar-refractivity contribution >= 4 is 11.4 Å². The summed E-state index contributed by atoms with van der Waals surface area (Å²) in [5.74, 6) is 0.588. The van der Waals surface area contributed by atoms with Crippen LogP contribution in [0.3, 0.4) is 0 Å². The van der Waals surface area contributed by atoms with Crippen LogP contribution in [0.2, 0.25) is 0 Å². The van der Waals surface area contributed by atoms with Gasteiger partial charge in [-0.15, -0.1) is 0 Å². The molecule has 0 aliphatic rings. The van der Waals surface area contributed by atoms with Crippen molar-refractivity contribution in [2.24, 2.45) is 5.73 Å². The zero-order valence-corrected chi connectivity index (χ0v) is 12.8. The Kier molecular flexibility index (Phi) is 7.11. The highest BCUT2D eigenvalue weighted by Gasteiger charge is 2.16. The van der Waals surface area contributed by atoms with Crippen LogP contribution in [-0.2, 0) is 4.74 Å². The molecule has 20 heavy (non-hydrogen) atoms. The smallest absolute Gasteiger partial charge is 0.239 e. The molecule has 114 valence electrons. The highest BCUT2D eigenvalue weighted by Crippen LogP contribution is 2.32. The minimum Gasteiger partial charge on any atom is -0.479 e. The highest BCUT2D eigenvalue weighted by molar-refractivity contribution is 5.74. The third kappa shape index (κ3) is 4.54. The second kappa shape index (κ2) is 8.60. The zero-order valence-electron chi connectivity index (χ0n) is 12.8. The van der Waals surface area contributed by atoms with E-state index in [0.717, 1.165) is 24.2 Å². The van der Waals surface area contributed by atoms with Crippen molar-refractivity contribution in [2.45, 2.75) is 18.9 Å². The molecule has 0 bridgehead atoms. The van der Waals surface area contributed by atoms with Crippen LogP contribution in [0.15, 0.2) is 12.3 Å². The molecule has 1 aromatic heterocycles. The van der Waals surface area contributed by atoms with E-state index in [-0.39, 0.29) is 6.04 Å². The number of nitrogens with zero attached hydrogens (tertiary/aromatic N) is 2. The Balaban J connectivity index is 2.96. The van der Waals surface area contributed by atoms with Crippen molar-refractivity contribution in [3.05, 3.63) is 12.3 Å². The Labute approximate surface area is 121 Å². The molecule has 0 radical (unpaired) electrons. The average molecular weight is 282 g/mol. The fourth-order valence-electron chi connectivity index (χ4n) is 2.06. The number of nitrogens with two attached hydrogens (primary N) is 1. The molecular formula is C14H26N4O2. The maximum atomic E-state index is 5.59. The highest BCUT2D eigenvalue weighted by atomic mass is 16.5. The number of anilines is 2. The molecule has 0 fully saturated rings. The molecule has 0 amide bonds. The van der Waals surface area contributed by atoms with Gasteiger partial charge in [0.15, 0.2) is 0 Å². The molecule has 0 spiro atoms. The summed E-state index contributed by atoms with van der Waals surface area (Å²) in [5, 5.41) is 3.47. The van der Waals surface area contributed by atoms with Gasteiger partial charge in [-0.2, -0.15) is 0 Å². The second-order valence-corrected chi connectivity index (χ2v) is 4.84. The van der Waals surface area contributed by atoms with E-state index in [2.05, 4.69) is 10.3 Å². The van der Waals surface area contributed by atoms with Crippen molar-refractivity contribution in [1.82, 2.24) is 4.98 Å². The summed E-state index contributed by atoms with van der Waals surface area (Å²) in [6.45, 7) is 1.29. The molecule has 1 rings (SSSR count). The predicted molar refractivity (Wildman–Crippen MR) is 82.7 cm³/mol. The predicted octanol–water partition coefficient (Wildman–Crippen LogP) is 1.32. The number of hydrogen-bond acceptors (Lipinski definition) is 6. The van der Waals surface area contributed by atoms with E-state index in [9.17, 15) is 0 Å². The van der Waals surface area contributed by atoms with Gasteiger partial charge in [-0.05, 0) is 25.5 Å². The fourth-order valence-corrected chi connectivity index (χ4v) is 2.06. The van der Waals surface area contributed by atoms with Crippen molar-refractivity contribution in [1.29, 1.82) is 0 Å². The first-order chi connectivity index (χ1) is 9.63. The van der Waals surface area contributed by atoms with Gasteiger partial charge in [0, 0.05) is 33.4 Å². The van der Waals surface area contributed by atoms with Crippen LogP contribution in [0.5, 0.6) is 5.88 Å². The first-order valence-corrected chi connectivity index (χ1v) is 6.79. The second-order valence-electron chi connectivity index (χ2n) is 4.84. The van der Waals surface area contributed by atoms with Crippen LogP contribution in [0, 0.1) is 0 Å². The molecule has 1 heterocycles. The van der Waals surface area contributed by atoms with Crippen molar-refractivity contribution < 1.29 is 9.47 Å². The van der Waals surface area contributed by atoms with Crippen molar-refractivity contribution in [3.63, 3.8) is 0 Å². The van der Waals surface area contributed by atoms with Crippen LogP contribution in [0.4, 0.5) is 11.4 Å². The van der Waals surface area contributed by atoms with Crippen LogP contribution < -0.4 is 20.7 Å². The fraction of sp³-hybridized carbons (Fsp3) is 0.643. The third-order valence-electron chi connectivity index (χ3n) is 3.04. The molecule has 0 aromatic carbocycles. The normalized spacial score (nSPS) is 12.1. The SMILES string of the molecule is COCC(CCCN)Nc1c(N(C)C)ccnc1OC. The van der Waals surface area contributed by atoms with Gasteiger partial charge in [-0.1, -0.05) is 0 Å². The monoisotopic (exact) mass is 282 g/mol. The van der Waals surface area contributed by atoms with Crippen LogP contribution in [0.25, 0.3) is 0 Å². The number of rotatable bonds is 9. The summed E-state index contributed by atoms with van der Waals surface area (Å²) >= 11 is 0. The number of hydrogen-bond donors (Lipinski definition) is 2. The van der Waals surface area contributed by atoms with E-state index in [4.69, 9.17) is 15.2 Å². The van der Waals surface area contributed by atoms with Crippen molar-refractivity contribution in [2.75, 3.05) is 51.7 Å². The quantitative estimate of drug-likeness (QED) is 0.712. The van der Waals surface area contributed by atoms with Gasteiger partial charge in [-0.25, -0.2) is 4.98 Å². The number of methoxy groups -OCH3 is 2. The van der Waals surface area contributed by atoms with E-state index < -0.39 is 0 Å². The Morgan fingerprint density at radius 2 is 2.15 bits per heavy atom. The van der Waals surface area contributed by atoms with E-state index in [1.54, 1.807) is 20.4 Å². The number of ether oxygens (including phenoxy) is 2. The summed E-state index contributed by atoms with van der Waals surface area (Å²) in [7, 11) is 7.30. The van der Waals surface area contributed by atoms with E-state index in [1.807, 2.05) is 25.1 Å². The Morgan fingerprint density at radius 1 is 1.40 bits per heavy atom.